The molecule has 2 N–H and O–H groups in total. The summed E-state index contributed by atoms with van der Waals surface area (Å²) in [5.74, 6) is -0.548. The molecule has 2 amide bonds. The minimum absolute atomic E-state index is 0.146. The van der Waals surface area contributed by atoms with Gasteiger partial charge in [0, 0.05) is 15.9 Å². The van der Waals surface area contributed by atoms with Crippen molar-refractivity contribution in [3.8, 4) is 0 Å². The predicted molar refractivity (Wildman–Crippen MR) is 83.1 cm³/mol. The molecular weight excluding hydrogens is 344 g/mol. The summed E-state index contributed by atoms with van der Waals surface area (Å²) in [6, 6.07) is 4.37. The zero-order valence-electron chi connectivity index (χ0n) is 11.1. The molecule has 0 bridgehead atoms. The molecule has 0 radical (unpaired) electrons. The highest BCUT2D eigenvalue weighted by molar-refractivity contribution is 9.10. The van der Waals surface area contributed by atoms with E-state index in [1.807, 2.05) is 26.0 Å². The summed E-state index contributed by atoms with van der Waals surface area (Å²) in [5, 5.41) is 11.8. The molecule has 0 aliphatic carbocycles. The molecule has 1 aromatic carbocycles. The van der Waals surface area contributed by atoms with E-state index in [-0.39, 0.29) is 11.4 Å². The van der Waals surface area contributed by atoms with Crippen LogP contribution in [-0.2, 0) is 4.79 Å². The maximum Gasteiger partial charge on any atom is 0.327 e. The van der Waals surface area contributed by atoms with Crippen LogP contribution < -0.4 is 5.32 Å². The van der Waals surface area contributed by atoms with Gasteiger partial charge in [0.1, 0.15) is 6.04 Å². The van der Waals surface area contributed by atoms with E-state index in [0.717, 1.165) is 10.0 Å². The van der Waals surface area contributed by atoms with Crippen molar-refractivity contribution in [3.05, 3.63) is 28.2 Å². The summed E-state index contributed by atoms with van der Waals surface area (Å²) in [5.41, 5.74) is 1.60. The number of anilines is 1. The fourth-order valence-corrected chi connectivity index (χ4v) is 3.73. The first-order valence-corrected chi connectivity index (χ1v) is 7.94. The van der Waals surface area contributed by atoms with E-state index in [4.69, 9.17) is 5.11 Å². The molecule has 0 spiro atoms. The van der Waals surface area contributed by atoms with Crippen LogP contribution in [0.3, 0.4) is 0 Å². The van der Waals surface area contributed by atoms with Crippen LogP contribution >= 0.6 is 27.7 Å². The van der Waals surface area contributed by atoms with Gasteiger partial charge in [-0.3, -0.25) is 4.90 Å². The Hall–Kier alpha value is -1.21. The zero-order chi connectivity index (χ0) is 14.9. The average Bonchev–Trinajstić information content (AvgIpc) is 2.75. The van der Waals surface area contributed by atoms with Crippen LogP contribution in [0.2, 0.25) is 0 Å². The van der Waals surface area contributed by atoms with Crippen LogP contribution in [0.1, 0.15) is 12.5 Å². The van der Waals surface area contributed by atoms with Crippen molar-refractivity contribution in [2.75, 3.05) is 11.1 Å². The van der Waals surface area contributed by atoms with E-state index in [1.165, 1.54) is 16.7 Å². The number of carboxylic acids is 1. The van der Waals surface area contributed by atoms with Gasteiger partial charge in [0.05, 0.1) is 5.37 Å². The van der Waals surface area contributed by atoms with Gasteiger partial charge in [0.15, 0.2) is 0 Å². The summed E-state index contributed by atoms with van der Waals surface area (Å²) in [6.45, 7) is 3.72. The van der Waals surface area contributed by atoms with Gasteiger partial charge in [0.2, 0.25) is 0 Å². The first kappa shape index (κ1) is 15.2. The molecule has 1 aromatic rings. The quantitative estimate of drug-likeness (QED) is 0.851. The SMILES string of the molecule is Cc1cc(Br)ccc1NC(=O)N1C(C)SCC1C(=O)O. The average molecular weight is 359 g/mol. The van der Waals surface area contributed by atoms with Crippen LogP contribution in [-0.4, -0.2) is 39.2 Å². The van der Waals surface area contributed by atoms with Crippen molar-refractivity contribution < 1.29 is 14.7 Å². The smallest absolute Gasteiger partial charge is 0.327 e. The molecule has 1 aliphatic heterocycles. The molecule has 0 aromatic heterocycles. The second kappa shape index (κ2) is 6.05. The Bertz CT molecular complexity index is 552. The Morgan fingerprint density at radius 2 is 2.20 bits per heavy atom. The number of thioether (sulfide) groups is 1. The molecule has 7 heteroatoms. The summed E-state index contributed by atoms with van der Waals surface area (Å²) < 4.78 is 0.932. The van der Waals surface area contributed by atoms with Crippen molar-refractivity contribution in [2.24, 2.45) is 0 Å². The number of rotatable bonds is 2. The number of urea groups is 1. The van der Waals surface area contributed by atoms with Crippen LogP contribution in [0.25, 0.3) is 0 Å². The van der Waals surface area contributed by atoms with Gasteiger partial charge in [-0.1, -0.05) is 15.9 Å². The number of hydrogen-bond acceptors (Lipinski definition) is 3. The first-order valence-electron chi connectivity index (χ1n) is 6.10. The maximum absolute atomic E-state index is 12.3. The molecule has 1 heterocycles. The molecule has 2 atom stereocenters. The maximum atomic E-state index is 12.3. The van der Waals surface area contributed by atoms with Crippen molar-refractivity contribution in [1.29, 1.82) is 0 Å². The van der Waals surface area contributed by atoms with Crippen molar-refractivity contribution in [2.45, 2.75) is 25.3 Å². The van der Waals surface area contributed by atoms with E-state index in [1.54, 1.807) is 6.07 Å². The van der Waals surface area contributed by atoms with Crippen LogP contribution in [0.15, 0.2) is 22.7 Å². The van der Waals surface area contributed by atoms with Crippen LogP contribution in [0, 0.1) is 6.92 Å². The number of amides is 2. The third-order valence-corrected chi connectivity index (χ3v) is 4.88. The molecular formula is C13H15BrN2O3S. The van der Waals surface area contributed by atoms with Crippen LogP contribution in [0.5, 0.6) is 0 Å². The summed E-state index contributed by atoms with van der Waals surface area (Å²) in [7, 11) is 0. The topological polar surface area (TPSA) is 69.6 Å². The molecule has 2 rings (SSSR count). The molecule has 1 fully saturated rings. The summed E-state index contributed by atoms with van der Waals surface area (Å²) in [4.78, 5) is 24.9. The van der Waals surface area contributed by atoms with Gasteiger partial charge < -0.3 is 10.4 Å². The molecule has 1 aliphatic rings. The molecule has 20 heavy (non-hydrogen) atoms. The third kappa shape index (κ3) is 3.09. The molecule has 1 saturated heterocycles. The number of nitrogens with zero attached hydrogens (tertiary/aromatic N) is 1. The molecule has 0 saturated carbocycles. The van der Waals surface area contributed by atoms with Crippen molar-refractivity contribution in [3.63, 3.8) is 0 Å². The van der Waals surface area contributed by atoms with Crippen molar-refractivity contribution in [1.82, 2.24) is 4.90 Å². The number of hydrogen-bond donors (Lipinski definition) is 2. The summed E-state index contributed by atoms with van der Waals surface area (Å²) >= 11 is 4.83. The van der Waals surface area contributed by atoms with E-state index < -0.39 is 12.0 Å². The lowest BCUT2D eigenvalue weighted by molar-refractivity contribution is -0.141. The number of carbonyl (C=O) groups is 2. The first-order chi connectivity index (χ1) is 9.40. The highest BCUT2D eigenvalue weighted by atomic mass is 79.9. The monoisotopic (exact) mass is 358 g/mol. The fraction of sp³-hybridized carbons (Fsp3) is 0.385. The fourth-order valence-electron chi connectivity index (χ4n) is 2.09. The Kier molecular flexibility index (Phi) is 4.59. The van der Waals surface area contributed by atoms with Gasteiger partial charge in [-0.25, -0.2) is 9.59 Å². The number of halogens is 1. The Labute approximate surface area is 129 Å². The van der Waals surface area contributed by atoms with Gasteiger partial charge in [-0.05, 0) is 37.6 Å². The molecule has 108 valence electrons. The predicted octanol–water partition coefficient (Wildman–Crippen LogP) is 3.14. The second-order valence-electron chi connectivity index (χ2n) is 4.58. The van der Waals surface area contributed by atoms with Gasteiger partial charge in [-0.15, -0.1) is 11.8 Å². The number of carboxylic acid groups (broad SMARTS) is 1. The van der Waals surface area contributed by atoms with E-state index in [9.17, 15) is 9.59 Å². The lowest BCUT2D eigenvalue weighted by atomic mass is 10.2. The van der Waals surface area contributed by atoms with Gasteiger partial charge in [0.25, 0.3) is 0 Å². The molecule has 2 unspecified atom stereocenters. The minimum atomic E-state index is -0.968. The van der Waals surface area contributed by atoms with Crippen molar-refractivity contribution >= 4 is 45.4 Å². The number of aryl methyl sites for hydroxylation is 1. The second-order valence-corrected chi connectivity index (χ2v) is 6.85. The summed E-state index contributed by atoms with van der Waals surface area (Å²) in [6.07, 6.45) is 0. The number of benzene rings is 1. The lowest BCUT2D eigenvalue weighted by Crippen LogP contribution is -2.46. The number of nitrogens with one attached hydrogen (secondary N) is 1. The van der Waals surface area contributed by atoms with E-state index in [0.29, 0.717) is 11.4 Å². The van der Waals surface area contributed by atoms with E-state index in [2.05, 4.69) is 21.2 Å². The third-order valence-electron chi connectivity index (χ3n) is 3.17. The minimum Gasteiger partial charge on any atom is -0.480 e. The number of aliphatic carboxylic acids is 1. The van der Waals surface area contributed by atoms with Gasteiger partial charge >= 0.3 is 12.0 Å². The normalized spacial score (nSPS) is 21.9. The van der Waals surface area contributed by atoms with Crippen LogP contribution in [0.4, 0.5) is 10.5 Å². The Balaban J connectivity index is 2.16. The zero-order valence-corrected chi connectivity index (χ0v) is 13.5. The molecule has 5 nitrogen and oxygen atoms in total. The number of carbonyl (C=O) groups excluding carboxylic acids is 1. The highest BCUT2D eigenvalue weighted by Gasteiger charge is 2.39. The lowest BCUT2D eigenvalue weighted by Gasteiger charge is -2.25. The van der Waals surface area contributed by atoms with Gasteiger partial charge in [-0.2, -0.15) is 0 Å². The Morgan fingerprint density at radius 1 is 1.50 bits per heavy atom. The highest BCUT2D eigenvalue weighted by Crippen LogP contribution is 2.30. The Morgan fingerprint density at radius 3 is 2.80 bits per heavy atom. The van der Waals surface area contributed by atoms with E-state index >= 15 is 0 Å². The largest absolute Gasteiger partial charge is 0.480 e. The standard InChI is InChI=1S/C13H15BrN2O3S/c1-7-5-9(14)3-4-10(7)15-13(19)16-8(2)20-6-11(16)12(17)18/h3-5,8,11H,6H2,1-2H3,(H,15,19)(H,17,18).